The molecule has 0 fully saturated rings. The molecule has 0 radical (unpaired) electrons. The number of urea groups is 1. The van der Waals surface area contributed by atoms with Crippen molar-refractivity contribution >= 4 is 6.03 Å². The number of hydrogen-bond donors (Lipinski definition) is 3. The summed E-state index contributed by atoms with van der Waals surface area (Å²) < 4.78 is 5.60. The number of H-pyrrole nitrogens is 1. The van der Waals surface area contributed by atoms with E-state index in [0.29, 0.717) is 13.2 Å². The Morgan fingerprint density at radius 3 is 3.17 bits per heavy atom. The van der Waals surface area contributed by atoms with E-state index in [2.05, 4.69) is 20.8 Å². The number of para-hydroxylation sites is 1. The van der Waals surface area contributed by atoms with Crippen LogP contribution in [0.3, 0.4) is 0 Å². The largest absolute Gasteiger partial charge is 0.494 e. The summed E-state index contributed by atoms with van der Waals surface area (Å²) in [6.45, 7) is 3.19. The van der Waals surface area contributed by atoms with Gasteiger partial charge in [0, 0.05) is 24.7 Å². The molecule has 2 amide bonds. The van der Waals surface area contributed by atoms with Crippen LogP contribution >= 0.6 is 0 Å². The molecule has 24 heavy (non-hydrogen) atoms. The van der Waals surface area contributed by atoms with E-state index in [9.17, 15) is 4.79 Å². The van der Waals surface area contributed by atoms with Gasteiger partial charge in [-0.3, -0.25) is 5.10 Å². The van der Waals surface area contributed by atoms with E-state index in [4.69, 9.17) is 4.74 Å². The van der Waals surface area contributed by atoms with Crippen molar-refractivity contribution in [2.24, 2.45) is 0 Å². The molecule has 0 unspecified atom stereocenters. The summed E-state index contributed by atoms with van der Waals surface area (Å²) in [5.74, 6) is 0.890. The van der Waals surface area contributed by atoms with Crippen LogP contribution in [0, 0.1) is 0 Å². The molecule has 1 heterocycles. The fourth-order valence-electron chi connectivity index (χ4n) is 3.09. The smallest absolute Gasteiger partial charge is 0.315 e. The Kier molecular flexibility index (Phi) is 5.36. The summed E-state index contributed by atoms with van der Waals surface area (Å²) in [5, 5.41) is 13.0. The van der Waals surface area contributed by atoms with Gasteiger partial charge in [-0.2, -0.15) is 5.10 Å². The number of aryl methyl sites for hydroxylation is 1. The molecule has 1 atom stereocenters. The first-order chi connectivity index (χ1) is 11.8. The van der Waals surface area contributed by atoms with Crippen LogP contribution < -0.4 is 15.4 Å². The highest BCUT2D eigenvalue weighted by atomic mass is 16.5. The van der Waals surface area contributed by atoms with Crippen molar-refractivity contribution < 1.29 is 9.53 Å². The van der Waals surface area contributed by atoms with Crippen LogP contribution in [0.1, 0.15) is 30.2 Å². The fourth-order valence-corrected chi connectivity index (χ4v) is 3.09. The van der Waals surface area contributed by atoms with Crippen LogP contribution in [0.15, 0.2) is 30.5 Å². The molecular weight excluding hydrogens is 304 g/mol. The van der Waals surface area contributed by atoms with Gasteiger partial charge in [0.05, 0.1) is 12.8 Å². The molecule has 0 bridgehead atoms. The highest BCUT2D eigenvalue weighted by Gasteiger charge is 2.21. The number of fused-ring (bicyclic) bond motifs is 1. The minimum Gasteiger partial charge on any atom is -0.494 e. The number of carbonyl (C=O) groups is 1. The number of nitrogens with zero attached hydrogens (tertiary/aromatic N) is 1. The van der Waals surface area contributed by atoms with Gasteiger partial charge in [-0.1, -0.05) is 18.2 Å². The number of hydrogen-bond acceptors (Lipinski definition) is 3. The third-order valence-electron chi connectivity index (χ3n) is 4.31. The highest BCUT2D eigenvalue weighted by Crippen LogP contribution is 2.19. The van der Waals surface area contributed by atoms with E-state index in [1.54, 1.807) is 0 Å². The summed E-state index contributed by atoms with van der Waals surface area (Å²) in [4.78, 5) is 12.1. The van der Waals surface area contributed by atoms with Gasteiger partial charge in [0.2, 0.25) is 0 Å². The lowest BCUT2D eigenvalue weighted by molar-refractivity contribution is 0.235. The third-order valence-corrected chi connectivity index (χ3v) is 4.31. The normalized spacial score (nSPS) is 16.3. The van der Waals surface area contributed by atoms with Crippen molar-refractivity contribution in [1.29, 1.82) is 0 Å². The molecule has 1 aromatic carbocycles. The first-order valence-corrected chi connectivity index (χ1v) is 8.52. The summed E-state index contributed by atoms with van der Waals surface area (Å²) >= 11 is 0. The topological polar surface area (TPSA) is 79.0 Å². The van der Waals surface area contributed by atoms with E-state index in [1.165, 1.54) is 5.56 Å². The number of benzene rings is 1. The van der Waals surface area contributed by atoms with Gasteiger partial charge in [-0.15, -0.1) is 0 Å². The van der Waals surface area contributed by atoms with Crippen molar-refractivity contribution in [3.63, 3.8) is 0 Å². The Labute approximate surface area is 142 Å². The standard InChI is InChI=1S/C18H24N4O2/c1-2-24-17-6-4-3-5-13(17)9-10-19-18(23)21-15-8-7-14-12-20-22-16(14)11-15/h3-6,12,15H,2,7-11H2,1H3,(H,20,22)(H2,19,21,23)/t15-/m1/s1. The molecular formula is C18H24N4O2. The van der Waals surface area contributed by atoms with Gasteiger partial charge in [0.25, 0.3) is 0 Å². The molecule has 6 nitrogen and oxygen atoms in total. The van der Waals surface area contributed by atoms with Crippen molar-refractivity contribution in [3.05, 3.63) is 47.3 Å². The molecule has 6 heteroatoms. The minimum absolute atomic E-state index is 0.114. The van der Waals surface area contributed by atoms with Crippen LogP contribution in [0.25, 0.3) is 0 Å². The van der Waals surface area contributed by atoms with Crippen molar-refractivity contribution in [2.75, 3.05) is 13.2 Å². The minimum atomic E-state index is -0.114. The maximum absolute atomic E-state index is 12.1. The van der Waals surface area contributed by atoms with Crippen molar-refractivity contribution in [3.8, 4) is 5.75 Å². The number of rotatable bonds is 6. The molecule has 3 rings (SSSR count). The third kappa shape index (κ3) is 4.07. The van der Waals surface area contributed by atoms with Gasteiger partial charge in [-0.25, -0.2) is 4.79 Å². The second-order valence-electron chi connectivity index (χ2n) is 6.00. The lowest BCUT2D eigenvalue weighted by Gasteiger charge is -2.23. The average Bonchev–Trinajstić information content (AvgIpc) is 3.04. The molecule has 1 aromatic heterocycles. The van der Waals surface area contributed by atoms with E-state index in [1.807, 2.05) is 37.4 Å². The molecule has 0 saturated carbocycles. The number of amides is 2. The Hall–Kier alpha value is -2.50. The van der Waals surface area contributed by atoms with Gasteiger partial charge < -0.3 is 15.4 Å². The predicted octanol–water partition coefficient (Wildman–Crippen LogP) is 2.21. The van der Waals surface area contributed by atoms with Crippen molar-refractivity contribution in [1.82, 2.24) is 20.8 Å². The molecule has 3 N–H and O–H groups in total. The first-order valence-electron chi connectivity index (χ1n) is 8.52. The Morgan fingerprint density at radius 1 is 1.42 bits per heavy atom. The molecule has 1 aliphatic rings. The number of aromatic nitrogens is 2. The van der Waals surface area contributed by atoms with Crippen LogP contribution in [0.5, 0.6) is 5.75 Å². The number of ether oxygens (including phenoxy) is 1. The zero-order chi connectivity index (χ0) is 16.8. The lowest BCUT2D eigenvalue weighted by Crippen LogP contribution is -2.45. The molecule has 0 saturated heterocycles. The van der Waals surface area contributed by atoms with Crippen molar-refractivity contribution in [2.45, 2.75) is 38.6 Å². The Morgan fingerprint density at radius 2 is 2.29 bits per heavy atom. The Balaban J connectivity index is 1.43. The van der Waals surface area contributed by atoms with Gasteiger partial charge >= 0.3 is 6.03 Å². The van der Waals surface area contributed by atoms with Crippen LogP contribution in [0.2, 0.25) is 0 Å². The summed E-state index contributed by atoms with van der Waals surface area (Å²) in [5.41, 5.74) is 3.51. The molecule has 0 aliphatic heterocycles. The maximum atomic E-state index is 12.1. The second-order valence-corrected chi connectivity index (χ2v) is 6.00. The summed E-state index contributed by atoms with van der Waals surface area (Å²) in [6, 6.07) is 7.99. The summed E-state index contributed by atoms with van der Waals surface area (Å²) in [6.07, 6.45) is 5.35. The molecule has 0 spiro atoms. The molecule has 128 valence electrons. The highest BCUT2D eigenvalue weighted by molar-refractivity contribution is 5.74. The number of carbonyl (C=O) groups excluding carboxylic acids is 1. The van der Waals surface area contributed by atoms with E-state index in [0.717, 1.165) is 42.7 Å². The van der Waals surface area contributed by atoms with Gasteiger partial charge in [-0.05, 0) is 43.4 Å². The quantitative estimate of drug-likeness (QED) is 0.761. The van der Waals surface area contributed by atoms with Gasteiger partial charge in [0.1, 0.15) is 5.75 Å². The van der Waals surface area contributed by atoms with Gasteiger partial charge in [0.15, 0.2) is 0 Å². The van der Waals surface area contributed by atoms with Crippen LogP contribution in [0.4, 0.5) is 4.79 Å². The van der Waals surface area contributed by atoms with Crippen LogP contribution in [-0.2, 0) is 19.3 Å². The SMILES string of the molecule is CCOc1ccccc1CCNC(=O)N[C@@H]1CCc2cn[nH]c2C1. The lowest BCUT2D eigenvalue weighted by atomic mass is 9.94. The predicted molar refractivity (Wildman–Crippen MR) is 92.3 cm³/mol. The monoisotopic (exact) mass is 328 g/mol. The summed E-state index contributed by atoms with van der Waals surface area (Å²) in [7, 11) is 0. The first kappa shape index (κ1) is 16.4. The number of aromatic amines is 1. The van der Waals surface area contributed by atoms with Crippen LogP contribution in [-0.4, -0.2) is 35.4 Å². The van der Waals surface area contributed by atoms with E-state index < -0.39 is 0 Å². The average molecular weight is 328 g/mol. The Bertz CT molecular complexity index is 683. The zero-order valence-corrected chi connectivity index (χ0v) is 14.0. The van der Waals surface area contributed by atoms with E-state index in [-0.39, 0.29) is 12.1 Å². The zero-order valence-electron chi connectivity index (χ0n) is 14.0. The molecule has 1 aliphatic carbocycles. The van der Waals surface area contributed by atoms with E-state index >= 15 is 0 Å². The number of nitrogens with one attached hydrogen (secondary N) is 3. The fraction of sp³-hybridized carbons (Fsp3) is 0.444. The second kappa shape index (κ2) is 7.86. The maximum Gasteiger partial charge on any atom is 0.315 e. The molecule has 2 aromatic rings.